The molecule has 4 rings (SSSR count). The number of rotatable bonds is 8. The van der Waals surface area contributed by atoms with Crippen molar-refractivity contribution in [3.05, 3.63) is 68.9 Å². The van der Waals surface area contributed by atoms with Crippen LogP contribution in [0.1, 0.15) is 5.56 Å². The monoisotopic (exact) mass is 612 g/mol. The molecule has 0 saturated carbocycles. The van der Waals surface area contributed by atoms with E-state index in [4.69, 9.17) is 4.74 Å². The first kappa shape index (κ1) is 29.9. The van der Waals surface area contributed by atoms with Crippen molar-refractivity contribution in [3.8, 4) is 33.4 Å². The summed E-state index contributed by atoms with van der Waals surface area (Å²) in [6.45, 7) is -3.13. The van der Waals surface area contributed by atoms with Gasteiger partial charge in [0, 0.05) is 4.88 Å². The van der Waals surface area contributed by atoms with Gasteiger partial charge in [-0.3, -0.25) is 14.3 Å². The molecular weight excluding hydrogens is 596 g/mol. The van der Waals surface area contributed by atoms with Crippen LogP contribution >= 0.6 is 11.3 Å². The van der Waals surface area contributed by atoms with E-state index in [1.165, 1.54) is 19.1 Å². The lowest BCUT2D eigenvalue weighted by Crippen LogP contribution is -2.38. The van der Waals surface area contributed by atoms with Gasteiger partial charge < -0.3 is 19.3 Å². The molecule has 1 atom stereocenters. The molecule has 41 heavy (non-hydrogen) atoms. The zero-order chi connectivity index (χ0) is 30.3. The maximum atomic E-state index is 13.2. The topological polar surface area (TPSA) is 103 Å². The van der Waals surface area contributed by atoms with Gasteiger partial charge in [0.1, 0.15) is 16.3 Å². The molecule has 0 saturated heterocycles. The first-order valence-corrected chi connectivity index (χ1v) is 12.0. The highest BCUT2D eigenvalue weighted by Crippen LogP contribution is 2.42. The Morgan fingerprint density at radius 2 is 1.61 bits per heavy atom. The van der Waals surface area contributed by atoms with Crippen molar-refractivity contribution in [1.82, 2.24) is 9.55 Å². The Balaban J connectivity index is 1.75. The number of aryl methyl sites for hydroxylation is 1. The fraction of sp³-hybridized carbons (Fsp3) is 0.250. The lowest BCUT2D eigenvalue weighted by atomic mass is 10.1. The van der Waals surface area contributed by atoms with Crippen LogP contribution in [0.4, 0.5) is 35.1 Å². The number of benzene rings is 2. The number of aliphatic hydroxyl groups is 1. The molecular formula is C24H16F8N2O6S. The number of halogens is 8. The fourth-order valence-corrected chi connectivity index (χ4v) is 5.06. The number of nitrogens with zero attached hydrogens (tertiary/aromatic N) is 1. The largest absolute Gasteiger partial charge is 0.573 e. The van der Waals surface area contributed by atoms with Gasteiger partial charge in [-0.05, 0) is 60.5 Å². The third-order valence-electron chi connectivity index (χ3n) is 5.51. The van der Waals surface area contributed by atoms with Crippen molar-refractivity contribution >= 4 is 21.6 Å². The van der Waals surface area contributed by atoms with E-state index in [1.54, 1.807) is 0 Å². The van der Waals surface area contributed by atoms with Crippen LogP contribution in [0.15, 0.2) is 52.1 Å². The Bertz CT molecular complexity index is 1680. The number of fused-ring (bicyclic) bond motifs is 1. The molecule has 0 radical (unpaired) electrons. The number of aliphatic hydroxyl groups excluding tert-OH is 1. The summed E-state index contributed by atoms with van der Waals surface area (Å²) in [6, 6.07) is 7.63. The summed E-state index contributed by atoms with van der Waals surface area (Å²) in [5, 5.41) is 9.34. The maximum absolute atomic E-state index is 13.2. The van der Waals surface area contributed by atoms with Gasteiger partial charge in [-0.1, -0.05) is 0 Å². The van der Waals surface area contributed by atoms with Gasteiger partial charge in [0.15, 0.2) is 17.6 Å². The number of ether oxygens (including phenoxy) is 3. The standard InChI is InChI=1S/C24H16F8N2O6S/c1-10-17-19(36)33-22(37)34(9-16(35)23(27,28)29)20(17)41-18(10)11-2-7-14(15(8-11)39-21(25)26)38-12-3-5-13(6-4-12)40-24(30,31)32/h2-8,16,21,35H,9H2,1H3,(H,33,36,37). The van der Waals surface area contributed by atoms with Crippen LogP contribution < -0.4 is 25.5 Å². The smallest absolute Gasteiger partial charge is 0.453 e. The zero-order valence-electron chi connectivity index (χ0n) is 20.3. The molecule has 0 aliphatic carbocycles. The van der Waals surface area contributed by atoms with Gasteiger partial charge in [-0.15, -0.1) is 24.5 Å². The van der Waals surface area contributed by atoms with Crippen LogP contribution in [0, 0.1) is 6.92 Å². The molecule has 2 N–H and O–H groups in total. The minimum atomic E-state index is -5.06. The second-order valence-corrected chi connectivity index (χ2v) is 9.32. The molecule has 0 bridgehead atoms. The second kappa shape index (κ2) is 11.0. The summed E-state index contributed by atoms with van der Waals surface area (Å²) >= 11 is 0.703. The molecule has 0 fully saturated rings. The minimum absolute atomic E-state index is 0.0665. The van der Waals surface area contributed by atoms with Crippen LogP contribution in [0.2, 0.25) is 0 Å². The quantitative estimate of drug-likeness (QED) is 0.239. The number of H-pyrrole nitrogens is 1. The van der Waals surface area contributed by atoms with Crippen molar-refractivity contribution in [2.45, 2.75) is 38.7 Å². The van der Waals surface area contributed by atoms with Crippen molar-refractivity contribution in [2.24, 2.45) is 0 Å². The second-order valence-electron chi connectivity index (χ2n) is 8.32. The van der Waals surface area contributed by atoms with E-state index in [2.05, 4.69) is 9.47 Å². The predicted octanol–water partition coefficient (Wildman–Crippen LogP) is 5.94. The number of aromatic amines is 1. The van der Waals surface area contributed by atoms with E-state index < -0.39 is 54.5 Å². The van der Waals surface area contributed by atoms with E-state index in [-0.39, 0.29) is 37.7 Å². The third kappa shape index (κ3) is 6.79. The van der Waals surface area contributed by atoms with Crippen LogP contribution in [0.25, 0.3) is 20.7 Å². The molecule has 220 valence electrons. The molecule has 1 unspecified atom stereocenters. The summed E-state index contributed by atoms with van der Waals surface area (Å²) in [6.07, 6.45) is -12.9. The van der Waals surface area contributed by atoms with E-state index in [1.807, 2.05) is 4.98 Å². The summed E-state index contributed by atoms with van der Waals surface area (Å²) in [4.78, 5) is 26.7. The van der Waals surface area contributed by atoms with Crippen LogP contribution in [0.3, 0.4) is 0 Å². The van der Waals surface area contributed by atoms with Crippen molar-refractivity contribution in [2.75, 3.05) is 0 Å². The number of hydrogen-bond acceptors (Lipinski definition) is 7. The summed E-state index contributed by atoms with van der Waals surface area (Å²) < 4.78 is 117. The lowest BCUT2D eigenvalue weighted by Gasteiger charge is -2.16. The van der Waals surface area contributed by atoms with Crippen molar-refractivity contribution < 1.29 is 54.4 Å². The lowest BCUT2D eigenvalue weighted by molar-refractivity contribution is -0.274. The van der Waals surface area contributed by atoms with Crippen molar-refractivity contribution in [1.29, 1.82) is 0 Å². The normalized spacial score (nSPS) is 13.0. The highest BCUT2D eigenvalue weighted by molar-refractivity contribution is 7.22. The first-order valence-electron chi connectivity index (χ1n) is 11.2. The van der Waals surface area contributed by atoms with Gasteiger partial charge in [0.2, 0.25) is 0 Å². The Labute approximate surface area is 226 Å². The number of nitrogens with one attached hydrogen (secondary N) is 1. The Hall–Kier alpha value is -4.12. The number of thiophene rings is 1. The molecule has 4 aromatic rings. The predicted molar refractivity (Wildman–Crippen MR) is 129 cm³/mol. The molecule has 8 nitrogen and oxygen atoms in total. The zero-order valence-corrected chi connectivity index (χ0v) is 21.1. The molecule has 0 aliphatic heterocycles. The van der Waals surface area contributed by atoms with Crippen LogP contribution in [-0.4, -0.2) is 39.9 Å². The average Bonchev–Trinajstić information content (AvgIpc) is 3.19. The van der Waals surface area contributed by atoms with Crippen LogP contribution in [0.5, 0.6) is 23.0 Å². The molecule has 0 amide bonds. The summed E-state index contributed by atoms with van der Waals surface area (Å²) in [5.41, 5.74) is -1.77. The van der Waals surface area contributed by atoms with Gasteiger partial charge in [-0.2, -0.15) is 22.0 Å². The van der Waals surface area contributed by atoms with E-state index in [0.29, 0.717) is 15.9 Å². The summed E-state index contributed by atoms with van der Waals surface area (Å²) in [7, 11) is 0. The fourth-order valence-electron chi connectivity index (χ4n) is 3.75. The first-order chi connectivity index (χ1) is 19.0. The summed E-state index contributed by atoms with van der Waals surface area (Å²) in [5.74, 6) is -1.42. The highest BCUT2D eigenvalue weighted by atomic mass is 32.1. The highest BCUT2D eigenvalue weighted by Gasteiger charge is 2.39. The maximum Gasteiger partial charge on any atom is 0.573 e. The molecule has 17 heteroatoms. The van der Waals surface area contributed by atoms with E-state index in [0.717, 1.165) is 30.3 Å². The average molecular weight is 612 g/mol. The Kier molecular flexibility index (Phi) is 8.04. The van der Waals surface area contributed by atoms with Gasteiger partial charge in [-0.25, -0.2) is 4.79 Å². The SMILES string of the molecule is Cc1c(-c2ccc(Oc3ccc(OC(F)(F)F)cc3)c(OC(F)F)c2)sc2c1c(=O)[nH]c(=O)n2CC(O)C(F)(F)F. The Morgan fingerprint density at radius 1 is 0.976 bits per heavy atom. The van der Waals surface area contributed by atoms with Gasteiger partial charge >= 0.3 is 24.8 Å². The molecule has 2 heterocycles. The minimum Gasteiger partial charge on any atom is -0.453 e. The van der Waals surface area contributed by atoms with E-state index >= 15 is 0 Å². The number of aromatic nitrogens is 2. The number of alkyl halides is 8. The molecule has 2 aromatic heterocycles. The third-order valence-corrected chi connectivity index (χ3v) is 6.87. The number of hydrogen-bond donors (Lipinski definition) is 2. The molecule has 0 aliphatic rings. The molecule has 2 aromatic carbocycles. The van der Waals surface area contributed by atoms with Crippen LogP contribution in [-0.2, 0) is 6.54 Å². The van der Waals surface area contributed by atoms with Gasteiger partial charge in [0.25, 0.3) is 5.56 Å². The Morgan fingerprint density at radius 3 is 2.20 bits per heavy atom. The molecule has 0 spiro atoms. The van der Waals surface area contributed by atoms with Crippen molar-refractivity contribution in [3.63, 3.8) is 0 Å². The van der Waals surface area contributed by atoms with E-state index in [9.17, 15) is 49.8 Å². The van der Waals surface area contributed by atoms with Gasteiger partial charge in [0.05, 0.1) is 11.9 Å².